The monoisotopic (exact) mass is 392 g/mol. The van der Waals surface area contributed by atoms with Crippen molar-refractivity contribution in [1.29, 1.82) is 0 Å². The van der Waals surface area contributed by atoms with E-state index in [1.165, 1.54) is 32.1 Å². The molecule has 1 N–H and O–H groups in total. The number of nitro groups is 1. The molecule has 0 heterocycles. The third-order valence-corrected chi connectivity index (χ3v) is 5.57. The summed E-state index contributed by atoms with van der Waals surface area (Å²) in [4.78, 5) is 10.4. The van der Waals surface area contributed by atoms with Crippen LogP contribution in [0, 0.1) is 10.1 Å². The van der Waals surface area contributed by atoms with Crippen molar-refractivity contribution in [3.8, 4) is 5.75 Å². The second kappa shape index (κ2) is 9.36. The lowest BCUT2D eigenvalue weighted by Crippen LogP contribution is -2.14. The first-order valence-corrected chi connectivity index (χ1v) is 10.3. The van der Waals surface area contributed by atoms with Gasteiger partial charge in [-0.2, -0.15) is 0 Å². The van der Waals surface area contributed by atoms with Gasteiger partial charge in [0.05, 0.1) is 22.6 Å². The van der Waals surface area contributed by atoms with Crippen LogP contribution in [0.5, 0.6) is 5.75 Å². The van der Waals surface area contributed by atoms with Crippen LogP contribution in [0.2, 0.25) is 0 Å². The van der Waals surface area contributed by atoms with E-state index >= 15 is 0 Å². The van der Waals surface area contributed by atoms with Crippen molar-refractivity contribution >= 4 is 21.4 Å². The highest BCUT2D eigenvalue weighted by atomic mass is 32.2. The summed E-state index contributed by atoms with van der Waals surface area (Å²) in [6.07, 6.45) is 5.51. The van der Waals surface area contributed by atoms with Crippen LogP contribution in [-0.2, 0) is 16.4 Å². The van der Waals surface area contributed by atoms with E-state index in [-0.39, 0.29) is 22.0 Å². The van der Waals surface area contributed by atoms with Crippen LogP contribution in [0.25, 0.3) is 0 Å². The summed E-state index contributed by atoms with van der Waals surface area (Å²) in [5.41, 5.74) is 0.879. The molecule has 0 atom stereocenters. The van der Waals surface area contributed by atoms with Crippen LogP contribution in [0.15, 0.2) is 47.4 Å². The van der Waals surface area contributed by atoms with Gasteiger partial charge in [-0.15, -0.1) is 0 Å². The maximum absolute atomic E-state index is 12.6. The lowest BCUT2D eigenvalue weighted by Gasteiger charge is -2.12. The second-order valence-electron chi connectivity index (χ2n) is 6.20. The molecule has 0 amide bonds. The molecule has 0 spiro atoms. The van der Waals surface area contributed by atoms with Crippen molar-refractivity contribution in [2.75, 3.05) is 11.8 Å². The number of hydrogen-bond donors (Lipinski definition) is 1. The van der Waals surface area contributed by atoms with Gasteiger partial charge in [-0.05, 0) is 36.6 Å². The Hall–Kier alpha value is -2.61. The van der Waals surface area contributed by atoms with Gasteiger partial charge >= 0.3 is 0 Å². The summed E-state index contributed by atoms with van der Waals surface area (Å²) in [7, 11) is -2.52. The Bertz CT molecular complexity index is 879. The Balaban J connectivity index is 2.16. The van der Waals surface area contributed by atoms with E-state index in [0.29, 0.717) is 0 Å². The second-order valence-corrected chi connectivity index (χ2v) is 7.88. The zero-order chi connectivity index (χ0) is 19.9. The number of ether oxygens (including phenoxy) is 1. The minimum absolute atomic E-state index is 0.0235. The molecule has 0 aliphatic heterocycles. The van der Waals surface area contributed by atoms with Gasteiger partial charge in [0.15, 0.2) is 0 Å². The first-order valence-electron chi connectivity index (χ1n) is 8.81. The van der Waals surface area contributed by atoms with E-state index < -0.39 is 14.9 Å². The number of benzene rings is 2. The number of sulfonamides is 1. The largest absolute Gasteiger partial charge is 0.495 e. The molecule has 0 bridgehead atoms. The average molecular weight is 392 g/mol. The van der Waals surface area contributed by atoms with Gasteiger partial charge < -0.3 is 4.74 Å². The molecule has 0 radical (unpaired) electrons. The zero-order valence-corrected chi connectivity index (χ0v) is 16.3. The number of non-ortho nitro benzene ring substituents is 1. The van der Waals surface area contributed by atoms with Crippen molar-refractivity contribution < 1.29 is 18.1 Å². The van der Waals surface area contributed by atoms with Crippen LogP contribution >= 0.6 is 0 Å². The molecule has 0 aliphatic carbocycles. The summed E-state index contributed by atoms with van der Waals surface area (Å²) in [6.45, 7) is 2.16. The normalized spacial score (nSPS) is 11.2. The maximum Gasteiger partial charge on any atom is 0.271 e. The summed E-state index contributed by atoms with van der Waals surface area (Å²) >= 11 is 0. The summed E-state index contributed by atoms with van der Waals surface area (Å²) in [5.74, 6) is 0.205. The highest BCUT2D eigenvalue weighted by Gasteiger charge is 2.19. The van der Waals surface area contributed by atoms with E-state index in [0.717, 1.165) is 30.9 Å². The van der Waals surface area contributed by atoms with Gasteiger partial charge in [-0.1, -0.05) is 38.3 Å². The molecule has 0 fully saturated rings. The molecular weight excluding hydrogens is 368 g/mol. The fourth-order valence-electron chi connectivity index (χ4n) is 2.68. The van der Waals surface area contributed by atoms with Crippen LogP contribution < -0.4 is 9.46 Å². The van der Waals surface area contributed by atoms with E-state index in [4.69, 9.17) is 4.74 Å². The van der Waals surface area contributed by atoms with Gasteiger partial charge in [0.2, 0.25) is 0 Å². The zero-order valence-electron chi connectivity index (χ0n) is 15.5. The van der Waals surface area contributed by atoms with Crippen molar-refractivity contribution in [2.24, 2.45) is 0 Å². The lowest BCUT2D eigenvalue weighted by molar-refractivity contribution is -0.384. The molecular formula is C19H24N2O5S. The number of nitro benzene ring substituents is 1. The van der Waals surface area contributed by atoms with Crippen molar-refractivity contribution in [1.82, 2.24) is 0 Å². The van der Waals surface area contributed by atoms with Crippen molar-refractivity contribution in [2.45, 2.75) is 43.9 Å². The summed E-state index contributed by atoms with van der Waals surface area (Å²) in [5, 5.41) is 10.9. The van der Waals surface area contributed by atoms with Gasteiger partial charge in [0.25, 0.3) is 15.7 Å². The van der Waals surface area contributed by atoms with Crippen LogP contribution in [0.3, 0.4) is 0 Å². The Morgan fingerprint density at radius 3 is 2.37 bits per heavy atom. The molecule has 27 heavy (non-hydrogen) atoms. The topological polar surface area (TPSA) is 98.5 Å². The van der Waals surface area contributed by atoms with Crippen molar-refractivity contribution in [3.05, 3.63) is 58.1 Å². The van der Waals surface area contributed by atoms with Gasteiger partial charge in [-0.3, -0.25) is 14.8 Å². The number of hydrogen-bond acceptors (Lipinski definition) is 5. The minimum Gasteiger partial charge on any atom is -0.495 e. The maximum atomic E-state index is 12.6. The molecule has 0 unspecified atom stereocenters. The number of nitrogens with one attached hydrogen (secondary N) is 1. The molecule has 0 saturated heterocycles. The van der Waals surface area contributed by atoms with Crippen molar-refractivity contribution in [3.63, 3.8) is 0 Å². The Labute approximate surface area is 159 Å². The highest BCUT2D eigenvalue weighted by molar-refractivity contribution is 7.92. The summed E-state index contributed by atoms with van der Waals surface area (Å²) < 4.78 is 32.7. The molecule has 0 aliphatic rings. The number of rotatable bonds is 10. The molecule has 146 valence electrons. The number of anilines is 1. The predicted molar refractivity (Wildman–Crippen MR) is 105 cm³/mol. The van der Waals surface area contributed by atoms with E-state index in [1.54, 1.807) is 24.3 Å². The smallest absolute Gasteiger partial charge is 0.271 e. The predicted octanol–water partition coefficient (Wildman–Crippen LogP) is 4.53. The van der Waals surface area contributed by atoms with Crippen LogP contribution in [0.4, 0.5) is 11.4 Å². The fourth-order valence-corrected chi connectivity index (χ4v) is 3.75. The molecule has 7 nitrogen and oxygen atoms in total. The van der Waals surface area contributed by atoms with Crippen LogP contribution in [-0.4, -0.2) is 20.5 Å². The third-order valence-electron chi connectivity index (χ3n) is 4.19. The average Bonchev–Trinajstić information content (AvgIpc) is 2.65. The highest BCUT2D eigenvalue weighted by Crippen LogP contribution is 2.30. The van der Waals surface area contributed by atoms with Gasteiger partial charge in [-0.25, -0.2) is 8.42 Å². The SMILES string of the molecule is CCCCCCc1ccc(S(=O)(=O)Nc2cc([N+](=O)[O-])ccc2OC)cc1. The molecule has 2 aromatic rings. The Morgan fingerprint density at radius 1 is 1.07 bits per heavy atom. The third kappa shape index (κ3) is 5.68. The number of aryl methyl sites for hydroxylation is 1. The quantitative estimate of drug-likeness (QED) is 0.364. The Morgan fingerprint density at radius 2 is 1.78 bits per heavy atom. The minimum atomic E-state index is -3.89. The van der Waals surface area contributed by atoms with Gasteiger partial charge in [0, 0.05) is 12.1 Å². The molecule has 0 aromatic heterocycles. The van der Waals surface area contributed by atoms with E-state index in [1.807, 2.05) is 0 Å². The Kier molecular flexibility index (Phi) is 7.18. The standard InChI is InChI=1S/C19H24N2O5S/c1-3-4-5-6-7-15-8-11-17(12-9-15)27(24,25)20-18-14-16(21(22)23)10-13-19(18)26-2/h8-14,20H,3-7H2,1-2H3. The number of methoxy groups -OCH3 is 1. The molecule has 2 aromatic carbocycles. The molecule has 2 rings (SSSR count). The summed E-state index contributed by atoms with van der Waals surface area (Å²) in [6, 6.07) is 10.4. The number of nitrogens with zero attached hydrogens (tertiary/aromatic N) is 1. The lowest BCUT2D eigenvalue weighted by atomic mass is 10.1. The van der Waals surface area contributed by atoms with E-state index in [2.05, 4.69) is 11.6 Å². The molecule has 0 saturated carbocycles. The first kappa shape index (κ1) is 20.7. The first-order chi connectivity index (χ1) is 12.9. The fraction of sp³-hybridized carbons (Fsp3) is 0.368. The number of unbranched alkanes of at least 4 members (excludes halogenated alkanes) is 3. The van der Waals surface area contributed by atoms with Gasteiger partial charge in [0.1, 0.15) is 5.75 Å². The molecule has 8 heteroatoms. The van der Waals surface area contributed by atoms with E-state index in [9.17, 15) is 18.5 Å². The van der Waals surface area contributed by atoms with Crippen LogP contribution in [0.1, 0.15) is 38.2 Å².